The van der Waals surface area contributed by atoms with Crippen molar-refractivity contribution >= 4 is 17.5 Å². The van der Waals surface area contributed by atoms with Crippen molar-refractivity contribution in [3.05, 3.63) is 34.9 Å². The highest BCUT2D eigenvalue weighted by molar-refractivity contribution is 6.30. The van der Waals surface area contributed by atoms with E-state index >= 15 is 0 Å². The van der Waals surface area contributed by atoms with Crippen molar-refractivity contribution in [2.75, 3.05) is 6.54 Å². The third kappa shape index (κ3) is 4.90. The summed E-state index contributed by atoms with van der Waals surface area (Å²) in [5, 5.41) is 6.40. The predicted molar refractivity (Wildman–Crippen MR) is 69.6 cm³/mol. The van der Waals surface area contributed by atoms with Crippen LogP contribution < -0.4 is 10.6 Å². The molecule has 0 bridgehead atoms. The van der Waals surface area contributed by atoms with Crippen LogP contribution in [0.5, 0.6) is 0 Å². The van der Waals surface area contributed by atoms with E-state index in [1.807, 2.05) is 24.3 Å². The van der Waals surface area contributed by atoms with Crippen molar-refractivity contribution in [2.24, 2.45) is 0 Å². The summed E-state index contributed by atoms with van der Waals surface area (Å²) in [6, 6.07) is 7.21. The van der Waals surface area contributed by atoms with Gasteiger partial charge in [0.2, 0.25) is 5.91 Å². The van der Waals surface area contributed by atoms with Gasteiger partial charge in [0.15, 0.2) is 0 Å². The number of hydrogen-bond donors (Lipinski definition) is 2. The summed E-state index contributed by atoms with van der Waals surface area (Å²) in [6.07, 6.45) is 5.06. The maximum atomic E-state index is 11.5. The van der Waals surface area contributed by atoms with E-state index in [0.717, 1.165) is 5.56 Å². The standard InChI is InChI=1S/C13H15ClN2O/c1-3-7-15-13(17)10(2)16-9-11-5-4-6-12(14)8-11/h1,4-6,8,10,16H,7,9H2,2H3,(H,15,17). The fourth-order valence-corrected chi connectivity index (χ4v) is 1.51. The summed E-state index contributed by atoms with van der Waals surface area (Å²) in [7, 11) is 0. The minimum atomic E-state index is -0.290. The molecule has 1 amide bonds. The lowest BCUT2D eigenvalue weighted by Crippen LogP contribution is -2.41. The lowest BCUT2D eigenvalue weighted by atomic mass is 10.2. The fraction of sp³-hybridized carbons (Fsp3) is 0.308. The molecule has 1 atom stereocenters. The van der Waals surface area contributed by atoms with Crippen LogP contribution in [0.15, 0.2) is 24.3 Å². The van der Waals surface area contributed by atoms with Crippen LogP contribution in [0.25, 0.3) is 0 Å². The van der Waals surface area contributed by atoms with E-state index in [-0.39, 0.29) is 18.5 Å². The van der Waals surface area contributed by atoms with E-state index in [4.69, 9.17) is 18.0 Å². The van der Waals surface area contributed by atoms with Gasteiger partial charge in [-0.3, -0.25) is 4.79 Å². The Labute approximate surface area is 107 Å². The largest absolute Gasteiger partial charge is 0.344 e. The molecule has 0 spiro atoms. The average Bonchev–Trinajstić information content (AvgIpc) is 2.33. The number of carbonyl (C=O) groups is 1. The monoisotopic (exact) mass is 250 g/mol. The van der Waals surface area contributed by atoms with Gasteiger partial charge in [0.05, 0.1) is 12.6 Å². The van der Waals surface area contributed by atoms with Gasteiger partial charge in [-0.2, -0.15) is 0 Å². The minimum Gasteiger partial charge on any atom is -0.344 e. The number of nitrogens with one attached hydrogen (secondary N) is 2. The molecule has 3 nitrogen and oxygen atoms in total. The van der Waals surface area contributed by atoms with Crippen molar-refractivity contribution in [3.63, 3.8) is 0 Å². The van der Waals surface area contributed by atoms with E-state index in [1.54, 1.807) is 6.92 Å². The quantitative estimate of drug-likeness (QED) is 0.779. The van der Waals surface area contributed by atoms with Crippen molar-refractivity contribution in [2.45, 2.75) is 19.5 Å². The van der Waals surface area contributed by atoms with Gasteiger partial charge in [-0.25, -0.2) is 0 Å². The molecule has 90 valence electrons. The maximum Gasteiger partial charge on any atom is 0.237 e. The van der Waals surface area contributed by atoms with Crippen molar-refractivity contribution in [1.29, 1.82) is 0 Å². The predicted octanol–water partition coefficient (Wildman–Crippen LogP) is 1.57. The Morgan fingerprint density at radius 2 is 2.35 bits per heavy atom. The first-order chi connectivity index (χ1) is 8.13. The molecule has 2 N–H and O–H groups in total. The molecule has 0 aromatic heterocycles. The second-order valence-corrected chi connectivity index (χ2v) is 4.09. The Hall–Kier alpha value is -1.50. The van der Waals surface area contributed by atoms with Gasteiger partial charge >= 0.3 is 0 Å². The molecule has 1 unspecified atom stereocenters. The SMILES string of the molecule is C#CCNC(=O)C(C)NCc1cccc(Cl)c1. The molecular formula is C13H15ClN2O. The van der Waals surface area contributed by atoms with Crippen LogP contribution in [0.4, 0.5) is 0 Å². The summed E-state index contributed by atoms with van der Waals surface area (Å²) in [4.78, 5) is 11.5. The van der Waals surface area contributed by atoms with Crippen LogP contribution in [0.1, 0.15) is 12.5 Å². The molecule has 17 heavy (non-hydrogen) atoms. The third-order valence-corrected chi connectivity index (χ3v) is 2.49. The van der Waals surface area contributed by atoms with E-state index in [1.165, 1.54) is 0 Å². The Morgan fingerprint density at radius 1 is 1.59 bits per heavy atom. The van der Waals surface area contributed by atoms with Gasteiger partial charge in [0.25, 0.3) is 0 Å². The van der Waals surface area contributed by atoms with Gasteiger partial charge in [-0.15, -0.1) is 6.42 Å². The highest BCUT2D eigenvalue weighted by Crippen LogP contribution is 2.10. The number of halogens is 1. The average molecular weight is 251 g/mol. The number of benzene rings is 1. The molecule has 1 aromatic carbocycles. The molecule has 4 heteroatoms. The highest BCUT2D eigenvalue weighted by Gasteiger charge is 2.10. The van der Waals surface area contributed by atoms with Crippen molar-refractivity contribution in [1.82, 2.24) is 10.6 Å². The number of hydrogen-bond acceptors (Lipinski definition) is 2. The smallest absolute Gasteiger partial charge is 0.237 e. The molecular weight excluding hydrogens is 236 g/mol. The van der Waals surface area contributed by atoms with Gasteiger partial charge in [-0.1, -0.05) is 29.7 Å². The van der Waals surface area contributed by atoms with Crippen LogP contribution in [0, 0.1) is 12.3 Å². The second-order valence-electron chi connectivity index (χ2n) is 3.65. The van der Waals surface area contributed by atoms with E-state index in [0.29, 0.717) is 11.6 Å². The zero-order valence-electron chi connectivity index (χ0n) is 9.66. The molecule has 0 heterocycles. The molecule has 0 aliphatic carbocycles. The zero-order chi connectivity index (χ0) is 12.7. The van der Waals surface area contributed by atoms with Crippen LogP contribution in [-0.2, 0) is 11.3 Å². The Morgan fingerprint density at radius 3 is 3.00 bits per heavy atom. The van der Waals surface area contributed by atoms with Crippen LogP contribution in [0.2, 0.25) is 5.02 Å². The van der Waals surface area contributed by atoms with Gasteiger partial charge < -0.3 is 10.6 Å². The van der Waals surface area contributed by atoms with E-state index < -0.39 is 0 Å². The molecule has 0 saturated heterocycles. The number of carbonyl (C=O) groups excluding carboxylic acids is 1. The third-order valence-electron chi connectivity index (χ3n) is 2.26. The van der Waals surface area contributed by atoms with Crippen molar-refractivity contribution < 1.29 is 4.79 Å². The number of terminal acetylenes is 1. The molecule has 1 aromatic rings. The number of rotatable bonds is 5. The van der Waals surface area contributed by atoms with Crippen molar-refractivity contribution in [3.8, 4) is 12.3 Å². The molecule has 0 saturated carbocycles. The molecule has 1 rings (SSSR count). The van der Waals surface area contributed by atoms with Gasteiger partial charge in [-0.05, 0) is 24.6 Å². The summed E-state index contributed by atoms with van der Waals surface area (Å²) in [6.45, 7) is 2.63. The summed E-state index contributed by atoms with van der Waals surface area (Å²) in [5.41, 5.74) is 1.04. The highest BCUT2D eigenvalue weighted by atomic mass is 35.5. The summed E-state index contributed by atoms with van der Waals surface area (Å²) >= 11 is 5.86. The Balaban J connectivity index is 2.40. The first kappa shape index (κ1) is 13.6. The Kier molecular flexibility index (Phi) is 5.55. The first-order valence-electron chi connectivity index (χ1n) is 5.32. The molecule has 0 fully saturated rings. The zero-order valence-corrected chi connectivity index (χ0v) is 10.4. The van der Waals surface area contributed by atoms with Gasteiger partial charge in [0, 0.05) is 11.6 Å². The lowest BCUT2D eigenvalue weighted by molar-refractivity contribution is -0.122. The maximum absolute atomic E-state index is 11.5. The molecule has 0 radical (unpaired) electrons. The van der Waals surface area contributed by atoms with Crippen LogP contribution in [-0.4, -0.2) is 18.5 Å². The minimum absolute atomic E-state index is 0.107. The lowest BCUT2D eigenvalue weighted by Gasteiger charge is -2.13. The van der Waals surface area contributed by atoms with E-state index in [2.05, 4.69) is 16.6 Å². The summed E-state index contributed by atoms with van der Waals surface area (Å²) in [5.74, 6) is 2.25. The number of amides is 1. The molecule has 0 aliphatic rings. The van der Waals surface area contributed by atoms with Crippen LogP contribution >= 0.6 is 11.6 Å². The Bertz CT molecular complexity index is 426. The fourth-order valence-electron chi connectivity index (χ4n) is 1.30. The second kappa shape index (κ2) is 6.95. The summed E-state index contributed by atoms with van der Waals surface area (Å²) < 4.78 is 0. The molecule has 0 aliphatic heterocycles. The normalized spacial score (nSPS) is 11.6. The van der Waals surface area contributed by atoms with E-state index in [9.17, 15) is 4.79 Å². The topological polar surface area (TPSA) is 41.1 Å². The van der Waals surface area contributed by atoms with Gasteiger partial charge in [0.1, 0.15) is 0 Å². The van der Waals surface area contributed by atoms with Crippen LogP contribution in [0.3, 0.4) is 0 Å². The first-order valence-corrected chi connectivity index (χ1v) is 5.70.